The maximum absolute atomic E-state index is 11.5. The van der Waals surface area contributed by atoms with Gasteiger partial charge in [0.15, 0.2) is 5.82 Å². The van der Waals surface area contributed by atoms with E-state index in [2.05, 4.69) is 10.1 Å². The van der Waals surface area contributed by atoms with Gasteiger partial charge < -0.3 is 9.26 Å². The zero-order valence-electron chi connectivity index (χ0n) is 12.4. The van der Waals surface area contributed by atoms with Gasteiger partial charge in [0, 0.05) is 25.1 Å². The summed E-state index contributed by atoms with van der Waals surface area (Å²) in [5, 5.41) is 4.00. The minimum Gasteiger partial charge on any atom is -0.381 e. The summed E-state index contributed by atoms with van der Waals surface area (Å²) in [4.78, 5) is 4.40. The van der Waals surface area contributed by atoms with Gasteiger partial charge in [-0.25, -0.2) is 8.42 Å². The smallest absolute Gasteiger partial charge is 0.257 e. The van der Waals surface area contributed by atoms with Crippen molar-refractivity contribution >= 4 is 15.7 Å². The molecule has 0 spiro atoms. The second-order valence-electron chi connectivity index (χ2n) is 5.30. The Balaban J connectivity index is 1.81. The summed E-state index contributed by atoms with van der Waals surface area (Å²) in [6.07, 6.45) is 2.06. The van der Waals surface area contributed by atoms with Gasteiger partial charge >= 0.3 is 0 Å². The largest absolute Gasteiger partial charge is 0.381 e. The summed E-state index contributed by atoms with van der Waals surface area (Å²) in [5.74, 6) is 1.27. The zero-order chi connectivity index (χ0) is 15.7. The van der Waals surface area contributed by atoms with Crippen molar-refractivity contribution in [2.75, 3.05) is 30.8 Å². The number of hydrogen-bond donors (Lipinski definition) is 0. The highest BCUT2D eigenvalue weighted by Crippen LogP contribution is 2.27. The lowest BCUT2D eigenvalue weighted by Gasteiger charge is -2.16. The van der Waals surface area contributed by atoms with Crippen LogP contribution in [0.4, 0.5) is 5.69 Å². The third kappa shape index (κ3) is 2.97. The molecule has 0 radical (unpaired) electrons. The first-order valence-electron chi connectivity index (χ1n) is 6.91. The van der Waals surface area contributed by atoms with E-state index < -0.39 is 10.0 Å². The minimum absolute atomic E-state index is 0.188. The fourth-order valence-electron chi connectivity index (χ4n) is 2.26. The van der Waals surface area contributed by atoms with Crippen LogP contribution in [0.5, 0.6) is 0 Å². The van der Waals surface area contributed by atoms with E-state index in [0.29, 0.717) is 24.0 Å². The predicted molar refractivity (Wildman–Crippen MR) is 81.2 cm³/mol. The Hall–Kier alpha value is -1.93. The fourth-order valence-corrected chi connectivity index (χ4v) is 2.77. The van der Waals surface area contributed by atoms with E-state index in [1.54, 1.807) is 24.3 Å². The van der Waals surface area contributed by atoms with Gasteiger partial charge in [-0.1, -0.05) is 5.16 Å². The summed E-state index contributed by atoms with van der Waals surface area (Å²) >= 11 is 0. The van der Waals surface area contributed by atoms with Crippen LogP contribution in [0, 0.1) is 0 Å². The third-order valence-electron chi connectivity index (χ3n) is 3.71. The highest BCUT2D eigenvalue weighted by molar-refractivity contribution is 7.92. The van der Waals surface area contributed by atoms with Crippen LogP contribution in [0.1, 0.15) is 18.2 Å². The number of rotatable bonds is 4. The van der Waals surface area contributed by atoms with Crippen LogP contribution in [-0.2, 0) is 14.8 Å². The highest BCUT2D eigenvalue weighted by atomic mass is 32.2. The molecule has 0 amide bonds. The Bertz CT molecular complexity index is 749. The van der Waals surface area contributed by atoms with Crippen molar-refractivity contribution in [3.8, 4) is 11.5 Å². The molecule has 0 saturated carbocycles. The van der Waals surface area contributed by atoms with E-state index in [4.69, 9.17) is 9.26 Å². The van der Waals surface area contributed by atoms with E-state index in [1.165, 1.54) is 11.4 Å². The standard InChI is InChI=1S/C14H17N3O4S/c1-17(22(2,18)19)12-5-3-10(4-6-12)14-15-13(16-21-14)11-7-8-20-9-11/h3-6,11H,7-9H2,1-2H3/t11-/m1/s1. The van der Waals surface area contributed by atoms with E-state index in [0.717, 1.165) is 24.8 Å². The quantitative estimate of drug-likeness (QED) is 0.850. The van der Waals surface area contributed by atoms with Gasteiger partial charge in [0.25, 0.3) is 5.89 Å². The molecule has 0 unspecified atom stereocenters. The first-order chi connectivity index (χ1) is 10.4. The summed E-state index contributed by atoms with van der Waals surface area (Å²) in [5.41, 5.74) is 1.33. The molecular weight excluding hydrogens is 306 g/mol. The van der Waals surface area contributed by atoms with Gasteiger partial charge in [-0.2, -0.15) is 4.98 Å². The second kappa shape index (κ2) is 5.69. The molecule has 1 atom stereocenters. The molecule has 8 heteroatoms. The average Bonchev–Trinajstić information content (AvgIpc) is 3.16. The monoisotopic (exact) mass is 323 g/mol. The van der Waals surface area contributed by atoms with Gasteiger partial charge in [0.05, 0.1) is 18.6 Å². The molecule has 2 heterocycles. The predicted octanol–water partition coefficient (Wildman–Crippen LogP) is 1.64. The summed E-state index contributed by atoms with van der Waals surface area (Å²) in [6, 6.07) is 6.94. The summed E-state index contributed by atoms with van der Waals surface area (Å²) in [6.45, 7) is 1.35. The Labute approximate surface area is 128 Å². The highest BCUT2D eigenvalue weighted by Gasteiger charge is 2.23. The number of benzene rings is 1. The Kier molecular flexibility index (Phi) is 3.88. The number of ether oxygens (including phenoxy) is 1. The first kappa shape index (κ1) is 15.0. The molecule has 1 aromatic carbocycles. The molecular formula is C14H17N3O4S. The normalized spacial score (nSPS) is 18.5. The Morgan fingerprint density at radius 3 is 2.59 bits per heavy atom. The molecule has 1 aliphatic heterocycles. The van der Waals surface area contributed by atoms with Crippen LogP contribution in [0.2, 0.25) is 0 Å². The van der Waals surface area contributed by atoms with E-state index in [9.17, 15) is 8.42 Å². The van der Waals surface area contributed by atoms with Crippen molar-refractivity contribution in [3.05, 3.63) is 30.1 Å². The van der Waals surface area contributed by atoms with Gasteiger partial charge in [-0.3, -0.25) is 4.31 Å². The molecule has 3 rings (SSSR count). The van der Waals surface area contributed by atoms with Crippen LogP contribution in [0.25, 0.3) is 11.5 Å². The number of nitrogens with zero attached hydrogens (tertiary/aromatic N) is 3. The summed E-state index contributed by atoms with van der Waals surface area (Å²) in [7, 11) is -1.76. The van der Waals surface area contributed by atoms with Crippen LogP contribution in [0.15, 0.2) is 28.8 Å². The molecule has 1 aliphatic rings. The van der Waals surface area contributed by atoms with E-state index >= 15 is 0 Å². The molecule has 0 N–H and O–H groups in total. The number of aromatic nitrogens is 2. The van der Waals surface area contributed by atoms with Crippen molar-refractivity contribution in [3.63, 3.8) is 0 Å². The maximum Gasteiger partial charge on any atom is 0.257 e. The van der Waals surface area contributed by atoms with Gasteiger partial charge in [0.2, 0.25) is 10.0 Å². The molecule has 0 bridgehead atoms. The van der Waals surface area contributed by atoms with Crippen molar-refractivity contribution in [1.29, 1.82) is 0 Å². The molecule has 7 nitrogen and oxygen atoms in total. The van der Waals surface area contributed by atoms with Crippen LogP contribution in [-0.4, -0.2) is 45.1 Å². The molecule has 22 heavy (non-hydrogen) atoms. The number of sulfonamides is 1. The molecule has 118 valence electrons. The lowest BCUT2D eigenvalue weighted by atomic mass is 10.1. The van der Waals surface area contributed by atoms with Crippen molar-refractivity contribution in [2.24, 2.45) is 0 Å². The molecule has 1 saturated heterocycles. The van der Waals surface area contributed by atoms with Gasteiger partial charge in [-0.05, 0) is 30.7 Å². The fraction of sp³-hybridized carbons (Fsp3) is 0.429. The topological polar surface area (TPSA) is 85.5 Å². The van der Waals surface area contributed by atoms with Crippen LogP contribution in [0.3, 0.4) is 0 Å². The number of anilines is 1. The SMILES string of the molecule is CN(c1ccc(-c2nc([C@@H]3CCOC3)no2)cc1)S(C)(=O)=O. The molecule has 1 fully saturated rings. The van der Waals surface area contributed by atoms with Crippen LogP contribution >= 0.6 is 0 Å². The maximum atomic E-state index is 11.5. The molecule has 2 aromatic rings. The van der Waals surface area contributed by atoms with Crippen molar-refractivity contribution < 1.29 is 17.7 Å². The number of hydrogen-bond acceptors (Lipinski definition) is 6. The van der Waals surface area contributed by atoms with Crippen molar-refractivity contribution in [2.45, 2.75) is 12.3 Å². The van der Waals surface area contributed by atoms with E-state index in [1.807, 2.05) is 0 Å². The summed E-state index contributed by atoms with van der Waals surface area (Å²) < 4.78 is 34.8. The average molecular weight is 323 g/mol. The van der Waals surface area contributed by atoms with E-state index in [-0.39, 0.29) is 5.92 Å². The second-order valence-corrected chi connectivity index (χ2v) is 7.31. The molecule has 0 aliphatic carbocycles. The third-order valence-corrected chi connectivity index (χ3v) is 4.92. The lowest BCUT2D eigenvalue weighted by Crippen LogP contribution is -2.24. The van der Waals surface area contributed by atoms with Crippen molar-refractivity contribution in [1.82, 2.24) is 10.1 Å². The zero-order valence-corrected chi connectivity index (χ0v) is 13.2. The Morgan fingerprint density at radius 2 is 2.00 bits per heavy atom. The van der Waals surface area contributed by atoms with Gasteiger partial charge in [-0.15, -0.1) is 0 Å². The minimum atomic E-state index is -3.27. The van der Waals surface area contributed by atoms with Crippen LogP contribution < -0.4 is 4.31 Å². The lowest BCUT2D eigenvalue weighted by molar-refractivity contribution is 0.192. The molecule has 1 aromatic heterocycles. The first-order valence-corrected chi connectivity index (χ1v) is 8.75. The van der Waals surface area contributed by atoms with Gasteiger partial charge in [0.1, 0.15) is 0 Å². The Morgan fingerprint density at radius 1 is 1.27 bits per heavy atom.